The average molecular weight is 383 g/mol. The van der Waals surface area contributed by atoms with Crippen molar-refractivity contribution in [1.82, 2.24) is 9.97 Å². The van der Waals surface area contributed by atoms with Gasteiger partial charge in [-0.3, -0.25) is 5.43 Å². The van der Waals surface area contributed by atoms with E-state index < -0.39 is 11.7 Å². The van der Waals surface area contributed by atoms with Crippen molar-refractivity contribution in [3.63, 3.8) is 0 Å². The minimum absolute atomic E-state index is 0.0568. The molecule has 0 amide bonds. The highest BCUT2D eigenvalue weighted by molar-refractivity contribution is 9.10. The summed E-state index contributed by atoms with van der Waals surface area (Å²) in [5, 5.41) is 2.83. The van der Waals surface area contributed by atoms with Gasteiger partial charge in [0.25, 0.3) is 0 Å². The summed E-state index contributed by atoms with van der Waals surface area (Å²) in [6.45, 7) is 0. The lowest BCUT2D eigenvalue weighted by Gasteiger charge is -2.13. The van der Waals surface area contributed by atoms with Crippen LogP contribution in [0.15, 0.2) is 28.9 Å². The zero-order valence-electron chi connectivity index (χ0n) is 10.2. The van der Waals surface area contributed by atoms with Crippen LogP contribution in [0, 0.1) is 0 Å². The summed E-state index contributed by atoms with van der Waals surface area (Å²) in [4.78, 5) is 7.68. The number of hydrazine groups is 1. The van der Waals surface area contributed by atoms with E-state index in [-0.39, 0.29) is 26.9 Å². The summed E-state index contributed by atoms with van der Waals surface area (Å²) in [6, 6.07) is 3.67. The molecule has 0 unspecified atom stereocenters. The topological polar surface area (TPSA) is 75.9 Å². The number of aromatic nitrogens is 2. The van der Waals surface area contributed by atoms with E-state index in [4.69, 9.17) is 17.4 Å². The second-order valence-corrected chi connectivity index (χ2v) is 5.11. The molecule has 0 saturated carbocycles. The first-order valence-corrected chi connectivity index (χ1v) is 6.61. The Kier molecular flexibility index (Phi) is 4.55. The molecule has 21 heavy (non-hydrogen) atoms. The first kappa shape index (κ1) is 15.8. The minimum Gasteiger partial charge on any atom is -0.339 e. The van der Waals surface area contributed by atoms with Crippen molar-refractivity contribution in [3.8, 4) is 0 Å². The van der Waals surface area contributed by atoms with Crippen LogP contribution in [0.3, 0.4) is 0 Å². The number of nitrogen functional groups attached to an aromatic ring is 1. The third-order valence-electron chi connectivity index (χ3n) is 2.41. The van der Waals surface area contributed by atoms with Crippen LogP contribution in [0.25, 0.3) is 0 Å². The van der Waals surface area contributed by atoms with Gasteiger partial charge in [-0.2, -0.15) is 18.2 Å². The van der Waals surface area contributed by atoms with Gasteiger partial charge in [-0.25, -0.2) is 10.8 Å². The summed E-state index contributed by atoms with van der Waals surface area (Å²) in [7, 11) is 0. The van der Waals surface area contributed by atoms with Crippen LogP contribution in [-0.4, -0.2) is 9.97 Å². The fourth-order valence-electron chi connectivity index (χ4n) is 1.48. The molecule has 1 aromatic carbocycles. The Bertz CT molecular complexity index is 665. The number of benzene rings is 1. The number of nitrogens with two attached hydrogens (primary N) is 1. The molecule has 4 N–H and O–H groups in total. The van der Waals surface area contributed by atoms with Gasteiger partial charge < -0.3 is 5.32 Å². The van der Waals surface area contributed by atoms with Gasteiger partial charge in [0.2, 0.25) is 5.95 Å². The predicted octanol–water partition coefficient (Wildman–Crippen LogP) is 3.94. The monoisotopic (exact) mass is 381 g/mol. The summed E-state index contributed by atoms with van der Waals surface area (Å²) < 4.78 is 38.4. The molecule has 0 atom stereocenters. The summed E-state index contributed by atoms with van der Waals surface area (Å²) >= 11 is 8.74. The van der Waals surface area contributed by atoms with E-state index in [1.54, 1.807) is 0 Å². The Morgan fingerprint density at radius 3 is 2.62 bits per heavy atom. The third-order valence-corrected chi connectivity index (χ3v) is 3.38. The molecule has 0 bridgehead atoms. The summed E-state index contributed by atoms with van der Waals surface area (Å²) in [6.07, 6.45) is -3.20. The van der Waals surface area contributed by atoms with E-state index in [0.29, 0.717) is 0 Å². The fourth-order valence-corrected chi connectivity index (χ4v) is 2.09. The number of hydrogen-bond acceptors (Lipinski definition) is 5. The predicted molar refractivity (Wildman–Crippen MR) is 77.3 cm³/mol. The Morgan fingerprint density at radius 1 is 1.29 bits per heavy atom. The maximum Gasteiger partial charge on any atom is 0.417 e. The van der Waals surface area contributed by atoms with Crippen molar-refractivity contribution in [2.24, 2.45) is 5.84 Å². The number of hydrogen-bond donors (Lipinski definition) is 3. The van der Waals surface area contributed by atoms with Gasteiger partial charge in [0, 0.05) is 10.2 Å². The lowest BCUT2D eigenvalue weighted by molar-refractivity contribution is -0.138. The standard InChI is InChI=1S/C11H8BrClF3N5/c12-7-2-1-5(3-6(7)11(14,15)16)19-9-8(13)4-18-10(20-9)21-17/h1-4H,17H2,(H2,18,19,20,21). The zero-order chi connectivity index (χ0) is 15.6. The van der Waals surface area contributed by atoms with Crippen LogP contribution >= 0.6 is 27.5 Å². The Hall–Kier alpha value is -1.58. The first-order chi connectivity index (χ1) is 9.81. The smallest absolute Gasteiger partial charge is 0.339 e. The number of anilines is 3. The molecular weight excluding hydrogens is 375 g/mol. The molecule has 0 saturated heterocycles. The SMILES string of the molecule is NNc1ncc(Cl)c(Nc2ccc(Br)c(C(F)(F)F)c2)n1. The zero-order valence-corrected chi connectivity index (χ0v) is 12.5. The second-order valence-electron chi connectivity index (χ2n) is 3.85. The van der Waals surface area contributed by atoms with E-state index in [9.17, 15) is 13.2 Å². The van der Waals surface area contributed by atoms with Gasteiger partial charge >= 0.3 is 6.18 Å². The molecule has 0 spiro atoms. The Morgan fingerprint density at radius 2 is 2.00 bits per heavy atom. The lowest BCUT2D eigenvalue weighted by atomic mass is 10.2. The Balaban J connectivity index is 2.36. The minimum atomic E-state index is -4.48. The van der Waals surface area contributed by atoms with E-state index in [1.165, 1.54) is 18.3 Å². The number of nitrogens with zero attached hydrogens (tertiary/aromatic N) is 2. The van der Waals surface area contributed by atoms with Crippen molar-refractivity contribution in [3.05, 3.63) is 39.5 Å². The molecule has 0 aliphatic rings. The van der Waals surface area contributed by atoms with Gasteiger partial charge in [-0.05, 0) is 18.2 Å². The average Bonchev–Trinajstić information content (AvgIpc) is 2.42. The molecular formula is C11H8BrClF3N5. The summed E-state index contributed by atoms with van der Waals surface area (Å²) in [5.74, 6) is 5.38. The third kappa shape index (κ3) is 3.74. The Labute approximate surface area is 130 Å². The molecule has 0 aliphatic heterocycles. The van der Waals surface area contributed by atoms with Crippen molar-refractivity contribution in [2.45, 2.75) is 6.18 Å². The number of nitrogens with one attached hydrogen (secondary N) is 2. The van der Waals surface area contributed by atoms with Crippen LogP contribution in [0.4, 0.5) is 30.6 Å². The molecule has 2 rings (SSSR count). The number of halogens is 5. The first-order valence-electron chi connectivity index (χ1n) is 5.44. The molecule has 5 nitrogen and oxygen atoms in total. The number of rotatable bonds is 3. The molecule has 1 aromatic heterocycles. The van der Waals surface area contributed by atoms with Gasteiger partial charge in [-0.1, -0.05) is 27.5 Å². The molecule has 0 fully saturated rings. The van der Waals surface area contributed by atoms with Crippen molar-refractivity contribution >= 4 is 45.0 Å². The molecule has 0 aliphatic carbocycles. The number of alkyl halides is 3. The largest absolute Gasteiger partial charge is 0.417 e. The normalized spacial score (nSPS) is 11.3. The molecule has 1 heterocycles. The highest BCUT2D eigenvalue weighted by Crippen LogP contribution is 2.37. The highest BCUT2D eigenvalue weighted by Gasteiger charge is 2.33. The molecule has 2 aromatic rings. The maximum atomic E-state index is 12.8. The van der Waals surface area contributed by atoms with E-state index in [0.717, 1.165) is 6.07 Å². The van der Waals surface area contributed by atoms with E-state index >= 15 is 0 Å². The van der Waals surface area contributed by atoms with E-state index in [2.05, 4.69) is 36.6 Å². The van der Waals surface area contributed by atoms with Crippen molar-refractivity contribution in [2.75, 3.05) is 10.7 Å². The second kappa shape index (κ2) is 6.04. The van der Waals surface area contributed by atoms with Crippen LogP contribution in [0.1, 0.15) is 5.56 Å². The van der Waals surface area contributed by atoms with Gasteiger partial charge in [0.15, 0.2) is 5.82 Å². The molecule has 0 radical (unpaired) electrons. The molecule has 112 valence electrons. The van der Waals surface area contributed by atoms with Crippen LogP contribution in [-0.2, 0) is 6.18 Å². The van der Waals surface area contributed by atoms with Gasteiger partial charge in [0.1, 0.15) is 5.02 Å². The molecule has 10 heteroatoms. The quantitative estimate of drug-likeness (QED) is 0.554. The van der Waals surface area contributed by atoms with Crippen LogP contribution < -0.4 is 16.6 Å². The van der Waals surface area contributed by atoms with Crippen LogP contribution in [0.2, 0.25) is 5.02 Å². The fraction of sp³-hybridized carbons (Fsp3) is 0.0909. The van der Waals surface area contributed by atoms with E-state index in [1.807, 2.05) is 0 Å². The van der Waals surface area contributed by atoms with Gasteiger partial charge in [-0.15, -0.1) is 0 Å². The van der Waals surface area contributed by atoms with Crippen molar-refractivity contribution in [1.29, 1.82) is 0 Å². The van der Waals surface area contributed by atoms with Gasteiger partial charge in [0.05, 0.1) is 11.8 Å². The van der Waals surface area contributed by atoms with Crippen LogP contribution in [0.5, 0.6) is 0 Å². The highest BCUT2D eigenvalue weighted by atomic mass is 79.9. The summed E-state index contributed by atoms with van der Waals surface area (Å²) in [5.41, 5.74) is 1.58. The maximum absolute atomic E-state index is 12.8. The van der Waals surface area contributed by atoms with Crippen molar-refractivity contribution < 1.29 is 13.2 Å². The lowest BCUT2D eigenvalue weighted by Crippen LogP contribution is -2.11.